The Hall–Kier alpha value is -2.98. The lowest BCUT2D eigenvalue weighted by Crippen LogP contribution is -1.98. The second-order valence-electron chi connectivity index (χ2n) is 8.43. The van der Waals surface area contributed by atoms with E-state index in [1.165, 1.54) is 12.1 Å². The van der Waals surface area contributed by atoms with E-state index in [4.69, 9.17) is 16.3 Å². The highest BCUT2D eigenvalue weighted by atomic mass is 35.5. The normalized spacial score (nSPS) is 11.2. The van der Waals surface area contributed by atoms with Crippen molar-refractivity contribution in [3.8, 4) is 16.9 Å². The van der Waals surface area contributed by atoms with E-state index in [1.54, 1.807) is 12.1 Å². The van der Waals surface area contributed by atoms with E-state index in [2.05, 4.69) is 6.92 Å². The van der Waals surface area contributed by atoms with E-state index in [1.807, 2.05) is 42.5 Å². The van der Waals surface area contributed by atoms with Crippen LogP contribution in [0.15, 0.2) is 66.7 Å². The first-order valence-corrected chi connectivity index (χ1v) is 11.9. The summed E-state index contributed by atoms with van der Waals surface area (Å²) in [4.78, 5) is 0. The minimum atomic E-state index is -0.806. The first kappa shape index (κ1) is 24.2. The van der Waals surface area contributed by atoms with Gasteiger partial charge in [0, 0.05) is 5.39 Å². The van der Waals surface area contributed by atoms with Crippen LogP contribution in [0, 0.1) is 17.5 Å². The van der Waals surface area contributed by atoms with Crippen LogP contribution in [0.1, 0.15) is 37.3 Å². The van der Waals surface area contributed by atoms with E-state index >= 15 is 4.39 Å². The average Bonchev–Trinajstić information content (AvgIpc) is 2.85. The highest BCUT2D eigenvalue weighted by molar-refractivity contribution is 6.30. The molecule has 0 aromatic heterocycles. The molecule has 0 aliphatic rings. The highest BCUT2D eigenvalue weighted by Gasteiger charge is 2.12. The van der Waals surface area contributed by atoms with Crippen molar-refractivity contribution in [3.05, 3.63) is 100 Å². The number of aryl methyl sites for hydroxylation is 2. The number of benzene rings is 4. The Morgan fingerprint density at radius 3 is 2.18 bits per heavy atom. The lowest BCUT2D eigenvalue weighted by molar-refractivity contribution is 0.306. The summed E-state index contributed by atoms with van der Waals surface area (Å²) in [7, 11) is 0. The molecule has 0 amide bonds. The van der Waals surface area contributed by atoms with Gasteiger partial charge in [0.1, 0.15) is 28.2 Å². The second-order valence-corrected chi connectivity index (χ2v) is 8.81. The quantitative estimate of drug-likeness (QED) is 0.171. The molecule has 0 spiro atoms. The van der Waals surface area contributed by atoms with Gasteiger partial charge in [-0.25, -0.2) is 13.2 Å². The fraction of sp³-hybridized carbons (Fsp3) is 0.241. The predicted molar refractivity (Wildman–Crippen MR) is 133 cm³/mol. The van der Waals surface area contributed by atoms with Crippen LogP contribution in [-0.2, 0) is 12.8 Å². The van der Waals surface area contributed by atoms with E-state index in [0.717, 1.165) is 41.5 Å². The van der Waals surface area contributed by atoms with Crippen molar-refractivity contribution in [2.24, 2.45) is 0 Å². The van der Waals surface area contributed by atoms with Gasteiger partial charge in [-0.1, -0.05) is 67.8 Å². The highest BCUT2D eigenvalue weighted by Crippen LogP contribution is 2.29. The fourth-order valence-corrected chi connectivity index (χ4v) is 4.14. The first-order chi connectivity index (χ1) is 16.5. The van der Waals surface area contributed by atoms with Gasteiger partial charge in [-0.15, -0.1) is 0 Å². The van der Waals surface area contributed by atoms with Crippen LogP contribution in [0.5, 0.6) is 5.75 Å². The summed E-state index contributed by atoms with van der Waals surface area (Å²) in [5.41, 5.74) is 2.95. The van der Waals surface area contributed by atoms with Gasteiger partial charge < -0.3 is 4.74 Å². The summed E-state index contributed by atoms with van der Waals surface area (Å²) in [6, 6.07) is 19.6. The molecule has 4 rings (SSSR count). The van der Waals surface area contributed by atoms with Crippen molar-refractivity contribution in [2.45, 2.75) is 39.0 Å². The van der Waals surface area contributed by atoms with Crippen molar-refractivity contribution in [1.29, 1.82) is 0 Å². The molecule has 1 nitrogen and oxygen atoms in total. The molecule has 0 aliphatic carbocycles. The van der Waals surface area contributed by atoms with Crippen LogP contribution >= 0.6 is 11.6 Å². The smallest absolute Gasteiger partial charge is 0.145 e. The molecule has 5 heteroatoms. The maximum absolute atomic E-state index is 15.2. The van der Waals surface area contributed by atoms with Crippen LogP contribution in [0.2, 0.25) is 5.02 Å². The van der Waals surface area contributed by atoms with Gasteiger partial charge in [0.15, 0.2) is 0 Å². The Labute approximate surface area is 203 Å². The molecule has 0 heterocycles. The van der Waals surface area contributed by atoms with Gasteiger partial charge >= 0.3 is 0 Å². The summed E-state index contributed by atoms with van der Waals surface area (Å²) in [5.74, 6) is -1.08. The van der Waals surface area contributed by atoms with Crippen molar-refractivity contribution in [3.63, 3.8) is 0 Å². The van der Waals surface area contributed by atoms with E-state index in [9.17, 15) is 8.78 Å². The molecule has 0 N–H and O–H groups in total. The van der Waals surface area contributed by atoms with Crippen molar-refractivity contribution < 1.29 is 17.9 Å². The maximum Gasteiger partial charge on any atom is 0.145 e. The van der Waals surface area contributed by atoms with Gasteiger partial charge in [-0.2, -0.15) is 0 Å². The van der Waals surface area contributed by atoms with Crippen LogP contribution < -0.4 is 4.74 Å². The van der Waals surface area contributed by atoms with Gasteiger partial charge in [0.25, 0.3) is 0 Å². The van der Waals surface area contributed by atoms with Gasteiger partial charge in [0.05, 0.1) is 6.61 Å². The van der Waals surface area contributed by atoms with Gasteiger partial charge in [0.2, 0.25) is 0 Å². The SMILES string of the molecule is CCCCCOc1ccc(-c2ccc3c(F)c(CCc4cc(F)c(Cl)c(F)c4)ccc3c2)cc1. The molecule has 176 valence electrons. The Morgan fingerprint density at radius 2 is 1.47 bits per heavy atom. The van der Waals surface area contributed by atoms with E-state index in [0.29, 0.717) is 36.0 Å². The standard InChI is InChI=1S/C29H26ClF3O/c1-2-3-4-15-34-24-12-9-20(10-13-24)22-11-14-25-23(18-22)8-7-21(29(25)33)6-5-19-16-26(31)28(30)27(32)17-19/h7-14,16-18H,2-6,15H2,1H3. The molecule has 0 radical (unpaired) electrons. The van der Waals surface area contributed by atoms with E-state index < -0.39 is 16.7 Å². The first-order valence-electron chi connectivity index (χ1n) is 11.5. The van der Waals surface area contributed by atoms with Crippen LogP contribution in [0.25, 0.3) is 21.9 Å². The molecule has 0 saturated carbocycles. The number of hydrogen-bond acceptors (Lipinski definition) is 1. The lowest BCUT2D eigenvalue weighted by atomic mass is 9.97. The molecule has 0 fully saturated rings. The van der Waals surface area contributed by atoms with Crippen LogP contribution in [0.4, 0.5) is 13.2 Å². The number of halogens is 4. The molecule has 4 aromatic rings. The Balaban J connectivity index is 1.48. The largest absolute Gasteiger partial charge is 0.494 e. The molecule has 4 aromatic carbocycles. The van der Waals surface area contributed by atoms with Crippen molar-refractivity contribution in [1.82, 2.24) is 0 Å². The zero-order chi connectivity index (χ0) is 24.1. The van der Waals surface area contributed by atoms with Crippen molar-refractivity contribution >= 4 is 22.4 Å². The fourth-order valence-electron chi connectivity index (χ4n) is 4.03. The van der Waals surface area contributed by atoms with E-state index in [-0.39, 0.29) is 5.82 Å². The molecule has 0 saturated heterocycles. The summed E-state index contributed by atoms with van der Waals surface area (Å²) in [6.07, 6.45) is 3.99. The minimum absolute atomic E-state index is 0.304. The Morgan fingerprint density at radius 1 is 0.765 bits per heavy atom. The molecule has 0 unspecified atom stereocenters. The molecular formula is C29H26ClF3O. The predicted octanol–water partition coefficient (Wildman–Crippen LogP) is 8.93. The molecular weight excluding hydrogens is 457 g/mol. The minimum Gasteiger partial charge on any atom is -0.494 e. The lowest BCUT2D eigenvalue weighted by Gasteiger charge is -2.10. The average molecular weight is 483 g/mol. The molecule has 0 atom stereocenters. The zero-order valence-electron chi connectivity index (χ0n) is 19.0. The summed E-state index contributed by atoms with van der Waals surface area (Å²) in [5, 5.41) is 0.790. The van der Waals surface area contributed by atoms with Gasteiger partial charge in [-0.05, 0) is 77.2 Å². The third-order valence-corrected chi connectivity index (χ3v) is 6.33. The Bertz CT molecular complexity index is 1260. The number of ether oxygens (including phenoxy) is 1. The number of rotatable bonds is 9. The topological polar surface area (TPSA) is 9.23 Å². The monoisotopic (exact) mass is 482 g/mol. The second kappa shape index (κ2) is 11.0. The summed E-state index contributed by atoms with van der Waals surface area (Å²) < 4.78 is 48.3. The number of fused-ring (bicyclic) bond motifs is 1. The third-order valence-electron chi connectivity index (χ3n) is 5.96. The molecule has 34 heavy (non-hydrogen) atoms. The summed E-state index contributed by atoms with van der Waals surface area (Å²) in [6.45, 7) is 2.88. The zero-order valence-corrected chi connectivity index (χ0v) is 19.8. The van der Waals surface area contributed by atoms with Crippen LogP contribution in [-0.4, -0.2) is 6.61 Å². The summed E-state index contributed by atoms with van der Waals surface area (Å²) >= 11 is 5.54. The maximum atomic E-state index is 15.2. The number of unbranched alkanes of at least 4 members (excludes halogenated alkanes) is 2. The van der Waals surface area contributed by atoms with Crippen LogP contribution in [0.3, 0.4) is 0 Å². The van der Waals surface area contributed by atoms with Gasteiger partial charge in [-0.3, -0.25) is 0 Å². The molecule has 0 aliphatic heterocycles. The Kier molecular flexibility index (Phi) is 7.79. The van der Waals surface area contributed by atoms with Crippen molar-refractivity contribution in [2.75, 3.05) is 6.61 Å². The molecule has 0 bridgehead atoms. The number of hydrogen-bond donors (Lipinski definition) is 0. The third kappa shape index (κ3) is 5.56.